The normalized spacial score (nSPS) is 9.81. The highest BCUT2D eigenvalue weighted by atomic mass is 16.5. The third-order valence-corrected chi connectivity index (χ3v) is 2.69. The van der Waals surface area contributed by atoms with E-state index in [0.29, 0.717) is 22.7 Å². The molecule has 1 N–H and O–H groups in total. The van der Waals surface area contributed by atoms with Crippen LogP contribution in [0.1, 0.15) is 17.3 Å². The van der Waals surface area contributed by atoms with E-state index < -0.39 is 0 Å². The fourth-order valence-corrected chi connectivity index (χ4v) is 1.72. The van der Waals surface area contributed by atoms with Crippen LogP contribution in [0.25, 0.3) is 0 Å². The molecule has 0 atom stereocenters. The Labute approximate surface area is 122 Å². The van der Waals surface area contributed by atoms with E-state index >= 15 is 0 Å². The number of esters is 1. The van der Waals surface area contributed by atoms with Crippen LogP contribution in [0.2, 0.25) is 0 Å². The third-order valence-electron chi connectivity index (χ3n) is 2.69. The van der Waals surface area contributed by atoms with Gasteiger partial charge in [-0.3, -0.25) is 4.79 Å². The monoisotopic (exact) mass is 285 g/mol. The van der Waals surface area contributed by atoms with E-state index in [9.17, 15) is 9.59 Å². The minimum Gasteiger partial charge on any atom is -0.465 e. The van der Waals surface area contributed by atoms with Crippen molar-refractivity contribution < 1.29 is 19.1 Å². The van der Waals surface area contributed by atoms with Crippen molar-refractivity contribution in [2.75, 3.05) is 12.4 Å². The second kappa shape index (κ2) is 6.56. The zero-order chi connectivity index (χ0) is 15.2. The molecule has 0 spiro atoms. The SMILES string of the molecule is COC(=O)c1ccc(Oc2ccc(NC(C)=O)cc2)cc1. The molecule has 108 valence electrons. The predicted octanol–water partition coefficient (Wildman–Crippen LogP) is 3.22. The van der Waals surface area contributed by atoms with Crippen molar-refractivity contribution in [3.63, 3.8) is 0 Å². The fraction of sp³-hybridized carbons (Fsp3) is 0.125. The van der Waals surface area contributed by atoms with Crippen molar-refractivity contribution >= 4 is 17.6 Å². The molecule has 0 saturated carbocycles. The molecule has 5 nitrogen and oxygen atoms in total. The first-order valence-electron chi connectivity index (χ1n) is 6.32. The Kier molecular flexibility index (Phi) is 4.56. The number of hydrogen-bond donors (Lipinski definition) is 1. The number of carbonyl (C=O) groups excluding carboxylic acids is 2. The zero-order valence-electron chi connectivity index (χ0n) is 11.8. The summed E-state index contributed by atoms with van der Waals surface area (Å²) in [7, 11) is 1.34. The van der Waals surface area contributed by atoms with Gasteiger partial charge >= 0.3 is 5.97 Å². The van der Waals surface area contributed by atoms with Crippen LogP contribution in [0.3, 0.4) is 0 Å². The van der Waals surface area contributed by atoms with E-state index in [1.54, 1.807) is 48.5 Å². The lowest BCUT2D eigenvalue weighted by molar-refractivity contribution is -0.114. The molecule has 0 saturated heterocycles. The Balaban J connectivity index is 2.04. The van der Waals surface area contributed by atoms with E-state index in [2.05, 4.69) is 10.1 Å². The van der Waals surface area contributed by atoms with Crippen molar-refractivity contribution in [3.8, 4) is 11.5 Å². The lowest BCUT2D eigenvalue weighted by atomic mass is 10.2. The van der Waals surface area contributed by atoms with Gasteiger partial charge in [0.25, 0.3) is 0 Å². The van der Waals surface area contributed by atoms with Gasteiger partial charge in [0.05, 0.1) is 12.7 Å². The molecule has 0 aromatic heterocycles. The van der Waals surface area contributed by atoms with Crippen LogP contribution in [0.5, 0.6) is 11.5 Å². The maximum atomic E-state index is 11.3. The summed E-state index contributed by atoms with van der Waals surface area (Å²) in [5.74, 6) is 0.730. The average molecular weight is 285 g/mol. The van der Waals surface area contributed by atoms with Gasteiger partial charge in [0.1, 0.15) is 11.5 Å². The lowest BCUT2D eigenvalue weighted by Crippen LogP contribution is -2.05. The highest BCUT2D eigenvalue weighted by molar-refractivity contribution is 5.89. The summed E-state index contributed by atoms with van der Waals surface area (Å²) >= 11 is 0. The molecule has 0 radical (unpaired) electrons. The number of carbonyl (C=O) groups is 2. The van der Waals surface area contributed by atoms with Crippen molar-refractivity contribution in [3.05, 3.63) is 54.1 Å². The quantitative estimate of drug-likeness (QED) is 0.876. The Bertz CT molecular complexity index is 632. The highest BCUT2D eigenvalue weighted by Crippen LogP contribution is 2.23. The van der Waals surface area contributed by atoms with Gasteiger partial charge in [0.15, 0.2) is 0 Å². The molecule has 2 aromatic carbocycles. The average Bonchev–Trinajstić information content (AvgIpc) is 2.49. The van der Waals surface area contributed by atoms with Gasteiger partial charge in [0.2, 0.25) is 5.91 Å². The largest absolute Gasteiger partial charge is 0.465 e. The minimum atomic E-state index is -0.388. The summed E-state index contributed by atoms with van der Waals surface area (Å²) in [5.41, 5.74) is 1.17. The van der Waals surface area contributed by atoms with Crippen molar-refractivity contribution in [2.24, 2.45) is 0 Å². The van der Waals surface area contributed by atoms with Crippen LogP contribution in [-0.4, -0.2) is 19.0 Å². The van der Waals surface area contributed by atoms with Crippen LogP contribution in [0.15, 0.2) is 48.5 Å². The van der Waals surface area contributed by atoms with Gasteiger partial charge in [-0.1, -0.05) is 0 Å². The molecule has 1 amide bonds. The smallest absolute Gasteiger partial charge is 0.337 e. The summed E-state index contributed by atoms with van der Waals surface area (Å²) in [6.07, 6.45) is 0. The van der Waals surface area contributed by atoms with E-state index in [0.717, 1.165) is 0 Å². The van der Waals surface area contributed by atoms with Crippen LogP contribution in [-0.2, 0) is 9.53 Å². The van der Waals surface area contributed by atoms with Gasteiger partial charge in [-0.2, -0.15) is 0 Å². The maximum absolute atomic E-state index is 11.3. The van der Waals surface area contributed by atoms with Crippen molar-refractivity contribution in [2.45, 2.75) is 6.92 Å². The first kappa shape index (κ1) is 14.6. The molecule has 5 heteroatoms. The lowest BCUT2D eigenvalue weighted by Gasteiger charge is -2.07. The number of methoxy groups -OCH3 is 1. The Hall–Kier alpha value is -2.82. The van der Waals surface area contributed by atoms with Crippen LogP contribution < -0.4 is 10.1 Å². The van der Waals surface area contributed by atoms with E-state index in [4.69, 9.17) is 4.74 Å². The number of amides is 1. The summed E-state index contributed by atoms with van der Waals surface area (Å²) in [6, 6.07) is 13.6. The van der Waals surface area contributed by atoms with E-state index in [1.165, 1.54) is 14.0 Å². The maximum Gasteiger partial charge on any atom is 0.337 e. The number of rotatable bonds is 4. The molecule has 0 fully saturated rings. The molecule has 0 bridgehead atoms. The molecule has 0 aliphatic rings. The zero-order valence-corrected chi connectivity index (χ0v) is 11.8. The molecular weight excluding hydrogens is 270 g/mol. The molecule has 0 aliphatic carbocycles. The number of ether oxygens (including phenoxy) is 2. The molecule has 0 unspecified atom stereocenters. The number of benzene rings is 2. The Morgan fingerprint density at radius 1 is 0.905 bits per heavy atom. The van der Waals surface area contributed by atoms with Gasteiger partial charge in [-0.25, -0.2) is 4.79 Å². The number of anilines is 1. The summed E-state index contributed by atoms with van der Waals surface area (Å²) in [5, 5.41) is 2.68. The molecule has 0 heterocycles. The van der Waals surface area contributed by atoms with Gasteiger partial charge in [-0.15, -0.1) is 0 Å². The number of hydrogen-bond acceptors (Lipinski definition) is 4. The molecular formula is C16H15NO4. The number of nitrogens with one attached hydrogen (secondary N) is 1. The second-order valence-electron chi connectivity index (χ2n) is 4.32. The van der Waals surface area contributed by atoms with Gasteiger partial charge in [-0.05, 0) is 48.5 Å². The van der Waals surface area contributed by atoms with Crippen LogP contribution in [0, 0.1) is 0 Å². The summed E-state index contributed by atoms with van der Waals surface area (Å²) < 4.78 is 10.3. The van der Waals surface area contributed by atoms with Crippen molar-refractivity contribution in [1.82, 2.24) is 0 Å². The second-order valence-corrected chi connectivity index (χ2v) is 4.32. The third kappa shape index (κ3) is 4.07. The molecule has 0 aliphatic heterocycles. The van der Waals surface area contributed by atoms with Crippen LogP contribution >= 0.6 is 0 Å². The van der Waals surface area contributed by atoms with Crippen molar-refractivity contribution in [1.29, 1.82) is 0 Å². The van der Waals surface area contributed by atoms with E-state index in [1.807, 2.05) is 0 Å². The van der Waals surface area contributed by atoms with Gasteiger partial charge < -0.3 is 14.8 Å². The predicted molar refractivity (Wildman–Crippen MR) is 78.6 cm³/mol. The molecule has 21 heavy (non-hydrogen) atoms. The van der Waals surface area contributed by atoms with Crippen LogP contribution in [0.4, 0.5) is 5.69 Å². The first-order chi connectivity index (χ1) is 10.1. The highest BCUT2D eigenvalue weighted by Gasteiger charge is 2.05. The molecule has 2 rings (SSSR count). The Morgan fingerprint density at radius 2 is 1.43 bits per heavy atom. The topological polar surface area (TPSA) is 64.6 Å². The summed E-state index contributed by atoms with van der Waals surface area (Å²) in [4.78, 5) is 22.2. The Morgan fingerprint density at radius 3 is 1.90 bits per heavy atom. The van der Waals surface area contributed by atoms with E-state index in [-0.39, 0.29) is 11.9 Å². The van der Waals surface area contributed by atoms with Gasteiger partial charge in [0, 0.05) is 12.6 Å². The first-order valence-corrected chi connectivity index (χ1v) is 6.32. The standard InChI is InChI=1S/C16H15NO4/c1-11(18)17-13-5-9-15(10-6-13)21-14-7-3-12(4-8-14)16(19)20-2/h3-10H,1-2H3,(H,17,18). The molecule has 2 aromatic rings. The minimum absolute atomic E-state index is 0.123. The summed E-state index contributed by atoms with van der Waals surface area (Å²) in [6.45, 7) is 1.45. The fourth-order valence-electron chi connectivity index (χ4n) is 1.72.